The van der Waals surface area contributed by atoms with E-state index in [0.717, 1.165) is 6.42 Å². The molecule has 98 valence electrons. The van der Waals surface area contributed by atoms with Gasteiger partial charge in [-0.1, -0.05) is 50.6 Å². The smallest absolute Gasteiger partial charge is 0.138 e. The zero-order valence-corrected chi connectivity index (χ0v) is 11.7. The second-order valence-electron chi connectivity index (χ2n) is 4.37. The van der Waals surface area contributed by atoms with Gasteiger partial charge in [0.15, 0.2) is 0 Å². The standard InChI is InChI=1S/C15H20ClNO/c1-2-3-4-5-6-7-10-18-15-11-14(16)9-8-13(15)12-17/h8-9,11H,2-7,10H2,1H3. The van der Waals surface area contributed by atoms with E-state index in [0.29, 0.717) is 22.9 Å². The van der Waals surface area contributed by atoms with E-state index in [1.807, 2.05) is 0 Å². The molecule has 1 rings (SSSR count). The fraction of sp³-hybridized carbons (Fsp3) is 0.533. The molecule has 0 atom stereocenters. The first kappa shape index (κ1) is 14.9. The molecule has 0 aromatic heterocycles. The summed E-state index contributed by atoms with van der Waals surface area (Å²) in [4.78, 5) is 0. The summed E-state index contributed by atoms with van der Waals surface area (Å²) in [6.45, 7) is 2.87. The Morgan fingerprint density at radius 3 is 2.61 bits per heavy atom. The van der Waals surface area contributed by atoms with Crippen LogP contribution in [-0.2, 0) is 0 Å². The van der Waals surface area contributed by atoms with Crippen molar-refractivity contribution in [1.29, 1.82) is 5.26 Å². The summed E-state index contributed by atoms with van der Waals surface area (Å²) in [5.74, 6) is 0.596. The van der Waals surface area contributed by atoms with E-state index in [1.165, 1.54) is 32.1 Å². The summed E-state index contributed by atoms with van der Waals surface area (Å²) in [7, 11) is 0. The van der Waals surface area contributed by atoms with Crippen LogP contribution < -0.4 is 4.74 Å². The van der Waals surface area contributed by atoms with Crippen molar-refractivity contribution >= 4 is 11.6 Å². The van der Waals surface area contributed by atoms with Crippen LogP contribution in [0.25, 0.3) is 0 Å². The lowest BCUT2D eigenvalue weighted by Crippen LogP contribution is -1.99. The molecule has 0 heterocycles. The van der Waals surface area contributed by atoms with Crippen molar-refractivity contribution in [2.45, 2.75) is 45.4 Å². The second kappa shape index (κ2) is 8.83. The van der Waals surface area contributed by atoms with Crippen LogP contribution in [0, 0.1) is 11.3 Å². The lowest BCUT2D eigenvalue weighted by molar-refractivity contribution is 0.303. The highest BCUT2D eigenvalue weighted by Crippen LogP contribution is 2.23. The van der Waals surface area contributed by atoms with Gasteiger partial charge in [-0.2, -0.15) is 5.26 Å². The topological polar surface area (TPSA) is 33.0 Å². The Kier molecular flexibility index (Phi) is 7.29. The molecule has 1 aromatic carbocycles. The zero-order valence-electron chi connectivity index (χ0n) is 10.9. The summed E-state index contributed by atoms with van der Waals surface area (Å²) in [6, 6.07) is 7.21. The van der Waals surface area contributed by atoms with Crippen LogP contribution >= 0.6 is 11.6 Å². The molecular weight excluding hydrogens is 246 g/mol. The Labute approximate surface area is 115 Å². The normalized spacial score (nSPS) is 10.1. The molecule has 0 unspecified atom stereocenters. The molecule has 0 amide bonds. The van der Waals surface area contributed by atoms with Gasteiger partial charge in [0.1, 0.15) is 11.8 Å². The van der Waals surface area contributed by atoms with Gasteiger partial charge in [0, 0.05) is 11.1 Å². The van der Waals surface area contributed by atoms with Crippen LogP contribution in [0.5, 0.6) is 5.75 Å². The maximum atomic E-state index is 8.94. The van der Waals surface area contributed by atoms with E-state index in [1.54, 1.807) is 18.2 Å². The molecule has 3 heteroatoms. The Balaban J connectivity index is 2.27. The van der Waals surface area contributed by atoms with Gasteiger partial charge in [0.05, 0.1) is 12.2 Å². The molecule has 0 saturated carbocycles. The van der Waals surface area contributed by atoms with E-state index < -0.39 is 0 Å². The Morgan fingerprint density at radius 2 is 1.89 bits per heavy atom. The molecule has 0 fully saturated rings. The molecule has 2 nitrogen and oxygen atoms in total. The molecule has 0 aliphatic heterocycles. The van der Waals surface area contributed by atoms with Gasteiger partial charge in [-0.15, -0.1) is 0 Å². The third-order valence-electron chi connectivity index (χ3n) is 2.82. The molecule has 0 aliphatic rings. The summed E-state index contributed by atoms with van der Waals surface area (Å²) in [5, 5.41) is 9.54. The first-order chi connectivity index (χ1) is 8.77. The highest BCUT2D eigenvalue weighted by molar-refractivity contribution is 6.30. The summed E-state index contributed by atoms with van der Waals surface area (Å²) in [6.07, 6.45) is 7.36. The maximum Gasteiger partial charge on any atom is 0.138 e. The van der Waals surface area contributed by atoms with Crippen LogP contribution in [0.1, 0.15) is 51.0 Å². The molecule has 0 radical (unpaired) electrons. The quantitative estimate of drug-likeness (QED) is 0.623. The van der Waals surface area contributed by atoms with Crippen LogP contribution in [0.3, 0.4) is 0 Å². The Bertz CT molecular complexity index is 398. The van der Waals surface area contributed by atoms with E-state index in [9.17, 15) is 0 Å². The van der Waals surface area contributed by atoms with Crippen LogP contribution in [0.2, 0.25) is 5.02 Å². The lowest BCUT2D eigenvalue weighted by Gasteiger charge is -2.08. The predicted molar refractivity (Wildman–Crippen MR) is 75.0 cm³/mol. The molecule has 0 N–H and O–H groups in total. The molecular formula is C15H20ClNO. The molecule has 18 heavy (non-hydrogen) atoms. The van der Waals surface area contributed by atoms with Gasteiger partial charge >= 0.3 is 0 Å². The molecule has 1 aromatic rings. The number of rotatable bonds is 8. The number of halogens is 1. The largest absolute Gasteiger partial charge is 0.492 e. The minimum Gasteiger partial charge on any atom is -0.492 e. The van der Waals surface area contributed by atoms with Crippen molar-refractivity contribution in [3.05, 3.63) is 28.8 Å². The molecule has 0 aliphatic carbocycles. The maximum absolute atomic E-state index is 8.94. The summed E-state index contributed by atoms with van der Waals surface area (Å²) in [5.41, 5.74) is 0.547. The zero-order chi connectivity index (χ0) is 13.2. The van der Waals surface area contributed by atoms with Crippen LogP contribution in [0.15, 0.2) is 18.2 Å². The number of hydrogen-bond donors (Lipinski definition) is 0. The van der Waals surface area contributed by atoms with E-state index in [-0.39, 0.29) is 0 Å². The number of hydrogen-bond acceptors (Lipinski definition) is 2. The third-order valence-corrected chi connectivity index (χ3v) is 3.05. The first-order valence-corrected chi connectivity index (χ1v) is 6.98. The SMILES string of the molecule is CCCCCCCCOc1cc(Cl)ccc1C#N. The second-order valence-corrected chi connectivity index (χ2v) is 4.80. The highest BCUT2D eigenvalue weighted by atomic mass is 35.5. The average Bonchev–Trinajstić information content (AvgIpc) is 2.38. The van der Waals surface area contributed by atoms with Gasteiger partial charge in [-0.05, 0) is 18.6 Å². The minimum absolute atomic E-state index is 0.547. The molecule has 0 saturated heterocycles. The summed E-state index contributed by atoms with van der Waals surface area (Å²) >= 11 is 5.88. The van der Waals surface area contributed by atoms with Gasteiger partial charge in [-0.25, -0.2) is 0 Å². The fourth-order valence-electron chi connectivity index (χ4n) is 1.77. The van der Waals surface area contributed by atoms with Crippen molar-refractivity contribution < 1.29 is 4.74 Å². The van der Waals surface area contributed by atoms with Crippen molar-refractivity contribution in [3.8, 4) is 11.8 Å². The number of unbranched alkanes of at least 4 members (excludes halogenated alkanes) is 5. The van der Waals surface area contributed by atoms with Crippen LogP contribution in [0.4, 0.5) is 0 Å². The minimum atomic E-state index is 0.547. The number of nitrogens with zero attached hydrogens (tertiary/aromatic N) is 1. The number of benzene rings is 1. The number of nitriles is 1. The Morgan fingerprint density at radius 1 is 1.17 bits per heavy atom. The van der Waals surface area contributed by atoms with Crippen molar-refractivity contribution in [2.75, 3.05) is 6.61 Å². The average molecular weight is 266 g/mol. The Hall–Kier alpha value is -1.20. The highest BCUT2D eigenvalue weighted by Gasteiger charge is 2.03. The predicted octanol–water partition coefficient (Wildman–Crippen LogP) is 4.95. The number of ether oxygens (including phenoxy) is 1. The fourth-order valence-corrected chi connectivity index (χ4v) is 1.93. The molecule has 0 spiro atoms. The third kappa shape index (κ3) is 5.42. The van der Waals surface area contributed by atoms with Gasteiger partial charge in [-0.3, -0.25) is 0 Å². The van der Waals surface area contributed by atoms with Crippen molar-refractivity contribution in [1.82, 2.24) is 0 Å². The molecule has 0 bridgehead atoms. The van der Waals surface area contributed by atoms with E-state index in [2.05, 4.69) is 13.0 Å². The van der Waals surface area contributed by atoms with Crippen LogP contribution in [-0.4, -0.2) is 6.61 Å². The van der Waals surface area contributed by atoms with Gasteiger partial charge < -0.3 is 4.74 Å². The van der Waals surface area contributed by atoms with Crippen molar-refractivity contribution in [2.24, 2.45) is 0 Å². The van der Waals surface area contributed by atoms with Gasteiger partial charge in [0.2, 0.25) is 0 Å². The monoisotopic (exact) mass is 265 g/mol. The van der Waals surface area contributed by atoms with E-state index >= 15 is 0 Å². The lowest BCUT2D eigenvalue weighted by atomic mass is 10.1. The first-order valence-electron chi connectivity index (χ1n) is 6.60. The summed E-state index contributed by atoms with van der Waals surface area (Å²) < 4.78 is 5.61. The van der Waals surface area contributed by atoms with Crippen molar-refractivity contribution in [3.63, 3.8) is 0 Å². The van der Waals surface area contributed by atoms with E-state index in [4.69, 9.17) is 21.6 Å². The van der Waals surface area contributed by atoms with Gasteiger partial charge in [0.25, 0.3) is 0 Å².